The molecule has 0 N–H and O–H groups in total. The van der Waals surface area contributed by atoms with E-state index in [0.717, 1.165) is 6.42 Å². The first kappa shape index (κ1) is 12.9. The molecule has 0 saturated heterocycles. The zero-order chi connectivity index (χ0) is 13.1. The van der Waals surface area contributed by atoms with Crippen molar-refractivity contribution in [3.63, 3.8) is 0 Å². The monoisotopic (exact) mass is 238 g/mol. The summed E-state index contributed by atoms with van der Waals surface area (Å²) in [6, 6.07) is 8.74. The maximum Gasteiger partial charge on any atom is -0.00979 e. The van der Waals surface area contributed by atoms with E-state index in [1.165, 1.54) is 22.3 Å². The fourth-order valence-electron chi connectivity index (χ4n) is 3.02. The minimum absolute atomic E-state index is 0.566. The lowest BCUT2D eigenvalue weighted by molar-refractivity contribution is 0.501. The third-order valence-electron chi connectivity index (χ3n) is 4.03. The van der Waals surface area contributed by atoms with Gasteiger partial charge in [0.2, 0.25) is 0 Å². The number of rotatable bonds is 2. The van der Waals surface area contributed by atoms with Crippen LogP contribution in [0.1, 0.15) is 44.2 Å². The maximum atomic E-state index is 4.35. The molecule has 1 aromatic carbocycles. The van der Waals surface area contributed by atoms with E-state index < -0.39 is 0 Å². The van der Waals surface area contributed by atoms with Gasteiger partial charge in [-0.3, -0.25) is 0 Å². The second-order valence-corrected chi connectivity index (χ2v) is 5.02. The Morgan fingerprint density at radius 1 is 1.28 bits per heavy atom. The third kappa shape index (κ3) is 2.08. The summed E-state index contributed by atoms with van der Waals surface area (Å²) in [6.45, 7) is 11.0. The normalized spacial score (nSPS) is 25.7. The van der Waals surface area contributed by atoms with E-state index in [-0.39, 0.29) is 0 Å². The molecule has 0 radical (unpaired) electrons. The maximum absolute atomic E-state index is 4.35. The van der Waals surface area contributed by atoms with Crippen molar-refractivity contribution < 1.29 is 0 Å². The van der Waals surface area contributed by atoms with Crippen molar-refractivity contribution in [3.8, 4) is 0 Å². The first-order valence-electron chi connectivity index (χ1n) is 6.82. The Labute approximate surface area is 111 Å². The molecule has 0 bridgehead atoms. The van der Waals surface area contributed by atoms with Crippen LogP contribution in [0.15, 0.2) is 54.6 Å². The van der Waals surface area contributed by atoms with Crippen molar-refractivity contribution in [2.24, 2.45) is 5.92 Å². The molecule has 0 aromatic heterocycles. The van der Waals surface area contributed by atoms with Gasteiger partial charge in [0.1, 0.15) is 0 Å². The van der Waals surface area contributed by atoms with Crippen LogP contribution >= 0.6 is 0 Å². The zero-order valence-electron chi connectivity index (χ0n) is 11.6. The van der Waals surface area contributed by atoms with Gasteiger partial charge in [0, 0.05) is 0 Å². The van der Waals surface area contributed by atoms with E-state index in [0.29, 0.717) is 11.8 Å². The molecule has 0 fully saturated rings. The summed E-state index contributed by atoms with van der Waals surface area (Å²) in [7, 11) is 0. The van der Waals surface area contributed by atoms with E-state index in [4.69, 9.17) is 0 Å². The van der Waals surface area contributed by atoms with Crippen LogP contribution in [0.25, 0.3) is 5.57 Å². The van der Waals surface area contributed by atoms with Crippen LogP contribution < -0.4 is 0 Å². The van der Waals surface area contributed by atoms with Crippen LogP contribution in [0.3, 0.4) is 0 Å². The van der Waals surface area contributed by atoms with Crippen molar-refractivity contribution in [3.05, 3.63) is 65.8 Å². The summed E-state index contributed by atoms with van der Waals surface area (Å²) in [4.78, 5) is 0. The number of hydrogen-bond acceptors (Lipinski definition) is 0. The van der Waals surface area contributed by atoms with Crippen molar-refractivity contribution in [2.75, 3.05) is 0 Å². The van der Waals surface area contributed by atoms with Crippen LogP contribution in [0.4, 0.5) is 0 Å². The molecule has 1 aliphatic rings. The van der Waals surface area contributed by atoms with Gasteiger partial charge in [0.25, 0.3) is 0 Å². The quantitative estimate of drug-likeness (QED) is 0.652. The SMILES string of the molecule is C=C1C(=CC=CC)c2ccccc2C(C)C1CC. The Bertz CT molecular complexity index is 503. The van der Waals surface area contributed by atoms with Crippen molar-refractivity contribution in [1.29, 1.82) is 0 Å². The molecular formula is C18H22. The minimum atomic E-state index is 0.566. The Hall–Kier alpha value is -1.56. The van der Waals surface area contributed by atoms with E-state index in [1.807, 2.05) is 0 Å². The van der Waals surface area contributed by atoms with Crippen LogP contribution in [0.5, 0.6) is 0 Å². The summed E-state index contributed by atoms with van der Waals surface area (Å²) in [5, 5.41) is 0. The molecule has 0 saturated carbocycles. The molecule has 0 nitrogen and oxygen atoms in total. The highest BCUT2D eigenvalue weighted by molar-refractivity contribution is 5.84. The number of allylic oxidation sites excluding steroid dienone is 5. The van der Waals surface area contributed by atoms with Crippen molar-refractivity contribution in [2.45, 2.75) is 33.1 Å². The molecule has 2 atom stereocenters. The molecule has 18 heavy (non-hydrogen) atoms. The summed E-state index contributed by atoms with van der Waals surface area (Å²) < 4.78 is 0. The van der Waals surface area contributed by atoms with Gasteiger partial charge in [-0.2, -0.15) is 0 Å². The molecule has 0 heterocycles. The Balaban J connectivity index is 2.60. The van der Waals surface area contributed by atoms with Gasteiger partial charge in [0.15, 0.2) is 0 Å². The topological polar surface area (TPSA) is 0 Å². The number of fused-ring (bicyclic) bond motifs is 1. The van der Waals surface area contributed by atoms with Crippen LogP contribution in [-0.4, -0.2) is 0 Å². The Kier molecular flexibility index (Phi) is 3.86. The predicted molar refractivity (Wildman–Crippen MR) is 80.6 cm³/mol. The van der Waals surface area contributed by atoms with E-state index >= 15 is 0 Å². The van der Waals surface area contributed by atoms with E-state index in [9.17, 15) is 0 Å². The Morgan fingerprint density at radius 3 is 2.67 bits per heavy atom. The molecule has 2 rings (SSSR count). The van der Waals surface area contributed by atoms with Crippen LogP contribution in [0, 0.1) is 5.92 Å². The number of benzene rings is 1. The molecule has 0 aliphatic heterocycles. The van der Waals surface area contributed by atoms with Gasteiger partial charge in [-0.25, -0.2) is 0 Å². The first-order chi connectivity index (χ1) is 8.70. The lowest BCUT2D eigenvalue weighted by atomic mass is 9.70. The van der Waals surface area contributed by atoms with Gasteiger partial charge in [-0.15, -0.1) is 0 Å². The molecule has 0 amide bonds. The van der Waals surface area contributed by atoms with Crippen molar-refractivity contribution in [1.82, 2.24) is 0 Å². The fourth-order valence-corrected chi connectivity index (χ4v) is 3.02. The summed E-state index contributed by atoms with van der Waals surface area (Å²) in [6.07, 6.45) is 7.54. The van der Waals surface area contributed by atoms with Crippen molar-refractivity contribution >= 4 is 5.57 Å². The second-order valence-electron chi connectivity index (χ2n) is 5.02. The third-order valence-corrected chi connectivity index (χ3v) is 4.03. The van der Waals surface area contributed by atoms with Gasteiger partial charge in [0.05, 0.1) is 0 Å². The smallest absolute Gasteiger partial charge is 0.00979 e. The molecule has 2 unspecified atom stereocenters. The average Bonchev–Trinajstić information content (AvgIpc) is 2.39. The van der Waals surface area contributed by atoms with Gasteiger partial charge in [-0.05, 0) is 47.5 Å². The number of hydrogen-bond donors (Lipinski definition) is 0. The predicted octanol–water partition coefficient (Wildman–Crippen LogP) is 5.35. The highest BCUT2D eigenvalue weighted by atomic mass is 14.3. The molecule has 1 aliphatic carbocycles. The molecular weight excluding hydrogens is 216 g/mol. The largest absolute Gasteiger partial charge is 0.0949 e. The second kappa shape index (κ2) is 5.39. The van der Waals surface area contributed by atoms with Crippen LogP contribution in [0.2, 0.25) is 0 Å². The molecule has 1 aromatic rings. The summed E-state index contributed by atoms with van der Waals surface area (Å²) >= 11 is 0. The summed E-state index contributed by atoms with van der Waals surface area (Å²) in [5.74, 6) is 1.14. The van der Waals surface area contributed by atoms with Gasteiger partial charge in [-0.1, -0.05) is 62.9 Å². The Morgan fingerprint density at radius 2 is 2.00 bits per heavy atom. The zero-order valence-corrected chi connectivity index (χ0v) is 11.6. The highest BCUT2D eigenvalue weighted by Crippen LogP contribution is 2.45. The molecule has 0 heteroatoms. The first-order valence-corrected chi connectivity index (χ1v) is 6.82. The summed E-state index contributed by atoms with van der Waals surface area (Å²) in [5.41, 5.74) is 5.43. The average molecular weight is 238 g/mol. The fraction of sp³-hybridized carbons (Fsp3) is 0.333. The van der Waals surface area contributed by atoms with Gasteiger partial charge < -0.3 is 0 Å². The lowest BCUT2D eigenvalue weighted by Crippen LogP contribution is -2.19. The lowest BCUT2D eigenvalue weighted by Gasteiger charge is -2.34. The highest BCUT2D eigenvalue weighted by Gasteiger charge is 2.30. The van der Waals surface area contributed by atoms with Gasteiger partial charge >= 0.3 is 0 Å². The van der Waals surface area contributed by atoms with E-state index in [1.54, 1.807) is 0 Å². The van der Waals surface area contributed by atoms with Crippen LogP contribution in [-0.2, 0) is 0 Å². The minimum Gasteiger partial charge on any atom is -0.0949 e. The molecule has 94 valence electrons. The molecule has 0 spiro atoms. The standard InChI is InChI=1S/C18H22/c1-5-7-10-16-13(3)15(6-2)14(4)17-11-8-9-12-18(16)17/h5,7-12,14-15H,3,6H2,1-2,4H3. The van der Waals surface area contributed by atoms with E-state index in [2.05, 4.69) is 69.8 Å².